The normalized spacial score (nSPS) is 24.2. The predicted molar refractivity (Wildman–Crippen MR) is 98.1 cm³/mol. The first-order valence-corrected chi connectivity index (χ1v) is 8.96. The van der Waals surface area contributed by atoms with Gasteiger partial charge in [0.05, 0.1) is 23.5 Å². The number of hydrogen-bond donors (Lipinski definition) is 1. The lowest BCUT2D eigenvalue weighted by Crippen LogP contribution is -2.30. The maximum atomic E-state index is 5.20. The molecule has 3 unspecified atom stereocenters. The second kappa shape index (κ2) is 7.35. The molecule has 1 aromatic carbocycles. The molecule has 23 heavy (non-hydrogen) atoms. The molecule has 0 saturated heterocycles. The van der Waals surface area contributed by atoms with Gasteiger partial charge in [0.1, 0.15) is 0 Å². The molecular weight excluding hydrogens is 352 g/mol. The first-order chi connectivity index (χ1) is 11.2. The Bertz CT molecular complexity index is 647. The third kappa shape index (κ3) is 4.05. The van der Waals surface area contributed by atoms with Crippen molar-refractivity contribution in [3.8, 4) is 5.88 Å². The van der Waals surface area contributed by atoms with Gasteiger partial charge in [-0.05, 0) is 58.7 Å². The molecule has 1 saturated carbocycles. The van der Waals surface area contributed by atoms with E-state index in [2.05, 4.69) is 63.5 Å². The number of aromatic nitrogens is 1. The van der Waals surface area contributed by atoms with Crippen LogP contribution in [0.4, 0.5) is 5.69 Å². The lowest BCUT2D eigenvalue weighted by atomic mass is 9.76. The maximum Gasteiger partial charge on any atom is 0.227 e. The number of ether oxygens (including phenoxy) is 1. The summed E-state index contributed by atoms with van der Waals surface area (Å²) in [5.74, 6) is 1.97. The number of benzene rings is 1. The van der Waals surface area contributed by atoms with E-state index in [1.54, 1.807) is 7.11 Å². The van der Waals surface area contributed by atoms with Crippen LogP contribution in [0.5, 0.6) is 5.88 Å². The number of halogens is 1. The fourth-order valence-corrected chi connectivity index (χ4v) is 4.12. The zero-order valence-corrected chi connectivity index (χ0v) is 15.2. The van der Waals surface area contributed by atoms with Gasteiger partial charge in [-0.1, -0.05) is 37.3 Å². The molecule has 0 spiro atoms. The van der Waals surface area contributed by atoms with Gasteiger partial charge in [0.25, 0.3) is 0 Å². The van der Waals surface area contributed by atoms with Crippen LogP contribution in [0.15, 0.2) is 47.1 Å². The lowest BCUT2D eigenvalue weighted by molar-refractivity contribution is 0.320. The third-order valence-corrected chi connectivity index (χ3v) is 5.15. The Morgan fingerprint density at radius 1 is 1.17 bits per heavy atom. The Morgan fingerprint density at radius 3 is 2.65 bits per heavy atom. The molecule has 4 heteroatoms. The van der Waals surface area contributed by atoms with Gasteiger partial charge in [-0.15, -0.1) is 0 Å². The van der Waals surface area contributed by atoms with Crippen LogP contribution in [0, 0.1) is 5.92 Å². The summed E-state index contributed by atoms with van der Waals surface area (Å²) in [5, 5.41) is 3.66. The van der Waals surface area contributed by atoms with Gasteiger partial charge in [0, 0.05) is 6.04 Å². The van der Waals surface area contributed by atoms with Crippen LogP contribution in [0.2, 0.25) is 0 Å². The van der Waals surface area contributed by atoms with Crippen molar-refractivity contribution in [1.82, 2.24) is 4.98 Å². The molecule has 1 aromatic heterocycles. The van der Waals surface area contributed by atoms with Crippen LogP contribution < -0.4 is 10.1 Å². The average molecular weight is 375 g/mol. The molecule has 0 radical (unpaired) electrons. The molecule has 0 bridgehead atoms. The van der Waals surface area contributed by atoms with E-state index in [-0.39, 0.29) is 0 Å². The standard InChI is InChI=1S/C19H23BrN2O/c1-13-8-15(14-6-4-3-5-7-14)10-16(9-13)22-17-11-18(20)19(23-2)21-12-17/h3-7,11-13,15-16,22H,8-10H2,1-2H3. The second-order valence-corrected chi connectivity index (χ2v) is 7.33. The zero-order valence-electron chi connectivity index (χ0n) is 13.6. The fraction of sp³-hybridized carbons (Fsp3) is 0.421. The van der Waals surface area contributed by atoms with Crippen molar-refractivity contribution in [2.24, 2.45) is 5.92 Å². The molecule has 2 aromatic rings. The summed E-state index contributed by atoms with van der Waals surface area (Å²) in [6, 6.07) is 13.4. The van der Waals surface area contributed by atoms with Gasteiger partial charge < -0.3 is 10.1 Å². The number of anilines is 1. The van der Waals surface area contributed by atoms with E-state index >= 15 is 0 Å². The van der Waals surface area contributed by atoms with E-state index in [9.17, 15) is 0 Å². The molecule has 3 atom stereocenters. The van der Waals surface area contributed by atoms with Crippen LogP contribution >= 0.6 is 15.9 Å². The summed E-state index contributed by atoms with van der Waals surface area (Å²) in [7, 11) is 1.63. The van der Waals surface area contributed by atoms with Crippen LogP contribution in [-0.2, 0) is 0 Å². The first-order valence-electron chi connectivity index (χ1n) is 8.16. The Morgan fingerprint density at radius 2 is 1.96 bits per heavy atom. The van der Waals surface area contributed by atoms with Crippen molar-refractivity contribution in [1.29, 1.82) is 0 Å². The van der Waals surface area contributed by atoms with E-state index in [1.807, 2.05) is 12.3 Å². The molecule has 1 aliphatic carbocycles. The highest BCUT2D eigenvalue weighted by Gasteiger charge is 2.27. The molecular formula is C19H23BrN2O. The monoisotopic (exact) mass is 374 g/mol. The Hall–Kier alpha value is -1.55. The molecule has 0 amide bonds. The number of hydrogen-bond acceptors (Lipinski definition) is 3. The topological polar surface area (TPSA) is 34.1 Å². The van der Waals surface area contributed by atoms with E-state index in [1.165, 1.54) is 18.4 Å². The van der Waals surface area contributed by atoms with Crippen molar-refractivity contribution in [3.63, 3.8) is 0 Å². The highest BCUT2D eigenvalue weighted by molar-refractivity contribution is 9.10. The minimum absolute atomic E-state index is 0.478. The van der Waals surface area contributed by atoms with Gasteiger partial charge >= 0.3 is 0 Å². The predicted octanol–water partition coefficient (Wildman–Crippen LogP) is 5.24. The van der Waals surface area contributed by atoms with Gasteiger partial charge in [-0.3, -0.25) is 0 Å². The molecule has 1 N–H and O–H groups in total. The van der Waals surface area contributed by atoms with Crippen LogP contribution in [-0.4, -0.2) is 18.1 Å². The summed E-state index contributed by atoms with van der Waals surface area (Å²) in [5.41, 5.74) is 2.50. The molecule has 3 nitrogen and oxygen atoms in total. The van der Waals surface area contributed by atoms with Crippen LogP contribution in [0.3, 0.4) is 0 Å². The second-order valence-electron chi connectivity index (χ2n) is 6.48. The SMILES string of the molecule is COc1ncc(NC2CC(C)CC(c3ccccc3)C2)cc1Br. The van der Waals surface area contributed by atoms with Crippen LogP contribution in [0.25, 0.3) is 0 Å². The molecule has 0 aliphatic heterocycles. The van der Waals surface area contributed by atoms with Crippen molar-refractivity contribution in [2.75, 3.05) is 12.4 Å². The van der Waals surface area contributed by atoms with E-state index < -0.39 is 0 Å². The van der Waals surface area contributed by atoms with E-state index in [0.29, 0.717) is 17.8 Å². The molecule has 1 fully saturated rings. The summed E-state index contributed by atoms with van der Waals surface area (Å²) in [6.07, 6.45) is 5.48. The number of nitrogens with zero attached hydrogens (tertiary/aromatic N) is 1. The van der Waals surface area contributed by atoms with E-state index in [4.69, 9.17) is 4.74 Å². The highest BCUT2D eigenvalue weighted by atomic mass is 79.9. The van der Waals surface area contributed by atoms with Gasteiger partial charge in [-0.25, -0.2) is 4.98 Å². The van der Waals surface area contributed by atoms with Gasteiger partial charge in [0.2, 0.25) is 5.88 Å². The third-order valence-electron chi connectivity index (χ3n) is 4.59. The van der Waals surface area contributed by atoms with Crippen molar-refractivity contribution < 1.29 is 4.74 Å². The van der Waals surface area contributed by atoms with Crippen molar-refractivity contribution in [2.45, 2.75) is 38.1 Å². The zero-order chi connectivity index (χ0) is 16.2. The Kier molecular flexibility index (Phi) is 5.21. The first kappa shape index (κ1) is 16.3. The smallest absolute Gasteiger partial charge is 0.227 e. The minimum atomic E-state index is 0.478. The summed E-state index contributed by atoms with van der Waals surface area (Å²) >= 11 is 3.51. The quantitative estimate of drug-likeness (QED) is 0.794. The number of pyridine rings is 1. The van der Waals surface area contributed by atoms with Gasteiger partial charge in [-0.2, -0.15) is 0 Å². The van der Waals surface area contributed by atoms with Gasteiger partial charge in [0.15, 0.2) is 0 Å². The number of rotatable bonds is 4. The summed E-state index contributed by atoms with van der Waals surface area (Å²) in [6.45, 7) is 2.35. The molecule has 3 rings (SSSR count). The number of methoxy groups -OCH3 is 1. The van der Waals surface area contributed by atoms with Crippen molar-refractivity contribution >= 4 is 21.6 Å². The Balaban J connectivity index is 1.71. The Labute approximate surface area is 146 Å². The molecule has 1 heterocycles. The molecule has 1 aliphatic rings. The van der Waals surface area contributed by atoms with Crippen LogP contribution in [0.1, 0.15) is 37.7 Å². The largest absolute Gasteiger partial charge is 0.480 e. The van der Waals surface area contributed by atoms with E-state index in [0.717, 1.165) is 22.5 Å². The fourth-order valence-electron chi connectivity index (χ4n) is 3.61. The number of nitrogens with one attached hydrogen (secondary N) is 1. The summed E-state index contributed by atoms with van der Waals surface area (Å²) < 4.78 is 6.08. The highest BCUT2D eigenvalue weighted by Crippen LogP contribution is 2.37. The minimum Gasteiger partial charge on any atom is -0.480 e. The lowest BCUT2D eigenvalue weighted by Gasteiger charge is -2.34. The molecule has 122 valence electrons. The average Bonchev–Trinajstić information content (AvgIpc) is 2.55. The van der Waals surface area contributed by atoms with Crippen molar-refractivity contribution in [3.05, 3.63) is 52.6 Å². The summed E-state index contributed by atoms with van der Waals surface area (Å²) in [4.78, 5) is 4.33. The maximum absolute atomic E-state index is 5.20.